The maximum atomic E-state index is 13.0. The largest absolute Gasteiger partial charge is 0.358 e. The van der Waals surface area contributed by atoms with Crippen molar-refractivity contribution in [3.8, 4) is 11.1 Å². The average Bonchev–Trinajstić information content (AvgIpc) is 3.53. The van der Waals surface area contributed by atoms with E-state index in [0.29, 0.717) is 17.7 Å². The summed E-state index contributed by atoms with van der Waals surface area (Å²) >= 11 is 3.49. The maximum absolute atomic E-state index is 13.0. The molecule has 3 aromatic rings. The number of aromatic nitrogens is 1. The van der Waals surface area contributed by atoms with Crippen LogP contribution in [0.3, 0.4) is 0 Å². The summed E-state index contributed by atoms with van der Waals surface area (Å²) in [5.41, 5.74) is 7.34. The van der Waals surface area contributed by atoms with E-state index in [2.05, 4.69) is 36.4 Å². The van der Waals surface area contributed by atoms with Crippen LogP contribution in [-0.4, -0.2) is 47.9 Å². The van der Waals surface area contributed by atoms with Gasteiger partial charge in [-0.3, -0.25) is 9.59 Å². The zero-order chi connectivity index (χ0) is 24.5. The Balaban J connectivity index is 1.44. The number of hydrogen-bond donors (Lipinski definition) is 3. The van der Waals surface area contributed by atoms with Gasteiger partial charge in [0.15, 0.2) is 0 Å². The molecule has 2 aromatic carbocycles. The lowest BCUT2D eigenvalue weighted by molar-refractivity contribution is -0.110. The molecule has 2 amide bonds. The highest BCUT2D eigenvalue weighted by Gasteiger charge is 2.28. The second kappa shape index (κ2) is 9.84. The van der Waals surface area contributed by atoms with E-state index in [1.54, 1.807) is 0 Å². The second-order valence-corrected chi connectivity index (χ2v) is 10.1. The zero-order valence-corrected chi connectivity index (χ0v) is 21.6. The molecule has 180 valence electrons. The molecule has 6 nitrogen and oxygen atoms in total. The third kappa shape index (κ3) is 4.70. The van der Waals surface area contributed by atoms with Crippen LogP contribution < -0.4 is 10.6 Å². The van der Waals surface area contributed by atoms with Crippen LogP contribution >= 0.6 is 15.9 Å². The summed E-state index contributed by atoms with van der Waals surface area (Å²) in [4.78, 5) is 31.7. The predicted octanol–water partition coefficient (Wildman–Crippen LogP) is 5.38. The number of amides is 2. The van der Waals surface area contributed by atoms with E-state index in [1.165, 1.54) is 12.8 Å². The Kier molecular flexibility index (Phi) is 6.62. The fourth-order valence-corrected chi connectivity index (χ4v) is 5.35. The number of benzene rings is 2. The first-order valence-electron chi connectivity index (χ1n) is 12.0. The zero-order valence-electron chi connectivity index (χ0n) is 20.0. The van der Waals surface area contributed by atoms with Crippen molar-refractivity contribution < 1.29 is 9.59 Å². The molecule has 0 unspecified atom stereocenters. The lowest BCUT2D eigenvalue weighted by atomic mass is 9.94. The van der Waals surface area contributed by atoms with E-state index in [0.717, 1.165) is 63.4 Å². The molecule has 3 heterocycles. The van der Waals surface area contributed by atoms with Gasteiger partial charge in [-0.25, -0.2) is 0 Å². The molecule has 0 bridgehead atoms. The topological polar surface area (TPSA) is 77.2 Å². The number of carbonyl (C=O) groups excluding carboxylic acids is 2. The Labute approximate surface area is 213 Å². The van der Waals surface area contributed by atoms with Crippen molar-refractivity contribution in [1.82, 2.24) is 15.2 Å². The highest BCUT2D eigenvalue weighted by Crippen LogP contribution is 2.41. The van der Waals surface area contributed by atoms with Gasteiger partial charge in [0, 0.05) is 40.2 Å². The van der Waals surface area contributed by atoms with Gasteiger partial charge in [0.1, 0.15) is 0 Å². The standard InChI is InChI=1S/C28H29BrN4O2/c1-17-24(31-18(2)25(17)28(35)30-12-15-33-13-3-4-14-33)16-22-26-21(19-8-10-20(29)11-9-19)6-5-7-23(26)32-27(22)34/h5-11,16,31H,3-4,12-15H2,1-2H3,(H,30,35)(H,32,34). The van der Waals surface area contributed by atoms with Crippen LogP contribution in [0.15, 0.2) is 46.9 Å². The summed E-state index contributed by atoms with van der Waals surface area (Å²) in [6, 6.07) is 14.0. The number of likely N-dealkylation sites (tertiary alicyclic amines) is 1. The van der Waals surface area contributed by atoms with Crippen molar-refractivity contribution in [2.75, 3.05) is 31.5 Å². The van der Waals surface area contributed by atoms with Crippen LogP contribution in [0.5, 0.6) is 0 Å². The number of halogens is 1. The lowest BCUT2D eigenvalue weighted by Gasteiger charge is -2.14. The Bertz CT molecular complexity index is 1320. The summed E-state index contributed by atoms with van der Waals surface area (Å²) in [7, 11) is 0. The third-order valence-corrected chi connectivity index (χ3v) is 7.41. The molecule has 0 radical (unpaired) electrons. The molecule has 5 rings (SSSR count). The van der Waals surface area contributed by atoms with Gasteiger partial charge in [-0.2, -0.15) is 0 Å². The highest BCUT2D eigenvalue weighted by molar-refractivity contribution is 9.10. The van der Waals surface area contributed by atoms with E-state index in [4.69, 9.17) is 0 Å². The molecule has 0 atom stereocenters. The number of rotatable bonds is 6. The molecule has 1 aromatic heterocycles. The lowest BCUT2D eigenvalue weighted by Crippen LogP contribution is -2.33. The fourth-order valence-electron chi connectivity index (χ4n) is 5.08. The van der Waals surface area contributed by atoms with Crippen LogP contribution in [0.2, 0.25) is 0 Å². The van der Waals surface area contributed by atoms with Crippen molar-refractivity contribution >= 4 is 45.1 Å². The monoisotopic (exact) mass is 532 g/mol. The number of fused-ring (bicyclic) bond motifs is 1. The average molecular weight is 533 g/mol. The van der Waals surface area contributed by atoms with Crippen LogP contribution in [0.25, 0.3) is 22.8 Å². The molecule has 1 saturated heterocycles. The number of H-pyrrole nitrogens is 1. The predicted molar refractivity (Wildman–Crippen MR) is 144 cm³/mol. The van der Waals surface area contributed by atoms with Crippen LogP contribution in [-0.2, 0) is 4.79 Å². The second-order valence-electron chi connectivity index (χ2n) is 9.22. The van der Waals surface area contributed by atoms with E-state index < -0.39 is 0 Å². The number of hydrogen-bond acceptors (Lipinski definition) is 3. The normalized spacial score (nSPS) is 16.5. The molecular formula is C28H29BrN4O2. The molecule has 0 saturated carbocycles. The minimum atomic E-state index is -0.146. The van der Waals surface area contributed by atoms with Crippen LogP contribution in [0.4, 0.5) is 5.69 Å². The number of aryl methyl sites for hydroxylation is 1. The third-order valence-electron chi connectivity index (χ3n) is 6.89. The van der Waals surface area contributed by atoms with Crippen LogP contribution in [0, 0.1) is 13.8 Å². The SMILES string of the molecule is Cc1[nH]c(C=C2C(=O)Nc3cccc(-c4ccc(Br)cc4)c32)c(C)c1C(=O)NCCN1CCCC1. The minimum Gasteiger partial charge on any atom is -0.358 e. The van der Waals surface area contributed by atoms with Gasteiger partial charge in [0.25, 0.3) is 11.8 Å². The first-order valence-corrected chi connectivity index (χ1v) is 12.8. The highest BCUT2D eigenvalue weighted by atomic mass is 79.9. The Morgan fingerprint density at radius 2 is 1.86 bits per heavy atom. The van der Waals surface area contributed by atoms with Crippen molar-refractivity contribution in [1.29, 1.82) is 0 Å². The van der Waals surface area contributed by atoms with Gasteiger partial charge in [0.2, 0.25) is 0 Å². The maximum Gasteiger partial charge on any atom is 0.256 e. The summed E-state index contributed by atoms with van der Waals surface area (Å²) in [6.07, 6.45) is 4.34. The summed E-state index contributed by atoms with van der Waals surface area (Å²) in [5.74, 6) is -0.222. The smallest absolute Gasteiger partial charge is 0.256 e. The number of aromatic amines is 1. The Morgan fingerprint density at radius 1 is 1.11 bits per heavy atom. The molecule has 3 N–H and O–H groups in total. The number of anilines is 1. The Morgan fingerprint density at radius 3 is 2.60 bits per heavy atom. The molecule has 7 heteroatoms. The first kappa shape index (κ1) is 23.6. The quantitative estimate of drug-likeness (QED) is 0.373. The Hall–Kier alpha value is -3.16. The number of nitrogens with zero attached hydrogens (tertiary/aromatic N) is 1. The molecule has 35 heavy (non-hydrogen) atoms. The van der Waals surface area contributed by atoms with Gasteiger partial charge < -0.3 is 20.5 Å². The van der Waals surface area contributed by atoms with E-state index in [-0.39, 0.29) is 11.8 Å². The molecule has 2 aliphatic rings. The number of carbonyl (C=O) groups is 2. The van der Waals surface area contributed by atoms with E-state index in [1.807, 2.05) is 62.4 Å². The van der Waals surface area contributed by atoms with Crippen molar-refractivity contribution in [2.45, 2.75) is 26.7 Å². The summed E-state index contributed by atoms with van der Waals surface area (Å²) in [6.45, 7) is 7.57. The molecular weight excluding hydrogens is 504 g/mol. The summed E-state index contributed by atoms with van der Waals surface area (Å²) in [5, 5.41) is 6.06. The van der Waals surface area contributed by atoms with E-state index >= 15 is 0 Å². The molecule has 0 spiro atoms. The van der Waals surface area contributed by atoms with Crippen LogP contribution in [0.1, 0.15) is 45.7 Å². The summed E-state index contributed by atoms with van der Waals surface area (Å²) < 4.78 is 1.00. The van der Waals surface area contributed by atoms with Crippen molar-refractivity contribution in [3.05, 3.63) is 75.0 Å². The van der Waals surface area contributed by atoms with E-state index in [9.17, 15) is 9.59 Å². The van der Waals surface area contributed by atoms with Crippen molar-refractivity contribution in [3.63, 3.8) is 0 Å². The molecule has 1 fully saturated rings. The van der Waals surface area contributed by atoms with Gasteiger partial charge in [-0.1, -0.05) is 40.2 Å². The molecule has 0 aliphatic carbocycles. The van der Waals surface area contributed by atoms with Gasteiger partial charge in [-0.15, -0.1) is 0 Å². The van der Waals surface area contributed by atoms with Gasteiger partial charge in [-0.05, 0) is 80.7 Å². The fraction of sp³-hybridized carbons (Fsp3) is 0.286. The number of nitrogens with one attached hydrogen (secondary N) is 3. The van der Waals surface area contributed by atoms with Gasteiger partial charge in [0.05, 0.1) is 11.1 Å². The first-order chi connectivity index (χ1) is 16.9. The van der Waals surface area contributed by atoms with Crippen molar-refractivity contribution in [2.24, 2.45) is 0 Å². The minimum absolute atomic E-state index is 0.0769. The van der Waals surface area contributed by atoms with Gasteiger partial charge >= 0.3 is 0 Å². The molecule has 2 aliphatic heterocycles.